The average Bonchev–Trinajstić information content (AvgIpc) is 3.37. The Morgan fingerprint density at radius 2 is 1.94 bits per heavy atom. The van der Waals surface area contributed by atoms with Crippen molar-refractivity contribution in [3.63, 3.8) is 0 Å². The van der Waals surface area contributed by atoms with Gasteiger partial charge in [-0.1, -0.05) is 6.92 Å². The Balaban J connectivity index is 1.86. The van der Waals surface area contributed by atoms with E-state index in [4.69, 9.17) is 15.2 Å². The minimum Gasteiger partial charge on any atom is -0.497 e. The number of aromatic nitrogens is 2. The summed E-state index contributed by atoms with van der Waals surface area (Å²) in [6.07, 6.45) is 0.640. The molecular formula is C21H22N4O5S. The molecule has 0 bridgehead atoms. The summed E-state index contributed by atoms with van der Waals surface area (Å²) >= 11 is 0.931. The molecule has 0 unspecified atom stereocenters. The summed E-state index contributed by atoms with van der Waals surface area (Å²) in [6.45, 7) is 3.68. The monoisotopic (exact) mass is 442 g/mol. The molecular weight excluding hydrogens is 420 g/mol. The highest BCUT2D eigenvalue weighted by atomic mass is 32.1. The van der Waals surface area contributed by atoms with Crippen molar-refractivity contribution in [2.45, 2.75) is 20.3 Å². The van der Waals surface area contributed by atoms with Crippen LogP contribution in [0.5, 0.6) is 5.75 Å². The van der Waals surface area contributed by atoms with Crippen LogP contribution in [0.25, 0.3) is 11.3 Å². The number of ether oxygens (including phenoxy) is 2. The molecule has 0 atom stereocenters. The van der Waals surface area contributed by atoms with E-state index in [0.29, 0.717) is 23.4 Å². The number of benzene rings is 1. The number of aromatic amines is 1. The Kier molecular flexibility index (Phi) is 6.71. The molecule has 0 fully saturated rings. The number of hydrogen-bond acceptors (Lipinski definition) is 7. The van der Waals surface area contributed by atoms with Crippen LogP contribution in [0.1, 0.15) is 49.4 Å². The third kappa shape index (κ3) is 4.75. The van der Waals surface area contributed by atoms with Crippen LogP contribution in [-0.2, 0) is 4.74 Å². The van der Waals surface area contributed by atoms with Gasteiger partial charge >= 0.3 is 5.97 Å². The molecule has 162 valence electrons. The lowest BCUT2D eigenvalue weighted by Crippen LogP contribution is -2.15. The van der Waals surface area contributed by atoms with Crippen molar-refractivity contribution in [2.24, 2.45) is 5.73 Å². The highest BCUT2D eigenvalue weighted by Crippen LogP contribution is 2.34. The third-order valence-electron chi connectivity index (χ3n) is 4.45. The number of rotatable bonds is 8. The number of carbonyl (C=O) groups is 3. The van der Waals surface area contributed by atoms with E-state index in [1.54, 1.807) is 32.2 Å². The number of methoxy groups -OCH3 is 1. The summed E-state index contributed by atoms with van der Waals surface area (Å²) in [7, 11) is 1.58. The summed E-state index contributed by atoms with van der Waals surface area (Å²) in [5.41, 5.74) is 7.45. The first kappa shape index (κ1) is 22.0. The molecule has 2 aromatic heterocycles. The highest BCUT2D eigenvalue weighted by molar-refractivity contribution is 7.18. The number of nitrogens with one attached hydrogen (secondary N) is 2. The first-order chi connectivity index (χ1) is 14.8. The standard InChI is InChI=1S/C21H22N4O5S/c1-4-9-30-21(28)16-11(2)17(18(22)26)31-20(16)23-19(27)15-10-14(24-25-15)12-5-7-13(29-3)8-6-12/h5-8,10H,4,9H2,1-3H3,(H2,22,26)(H,23,27)(H,24,25). The Morgan fingerprint density at radius 3 is 2.55 bits per heavy atom. The van der Waals surface area contributed by atoms with E-state index in [1.165, 1.54) is 0 Å². The topological polar surface area (TPSA) is 136 Å². The van der Waals surface area contributed by atoms with Gasteiger partial charge in [-0.05, 0) is 49.2 Å². The van der Waals surface area contributed by atoms with Gasteiger partial charge in [-0.15, -0.1) is 11.3 Å². The van der Waals surface area contributed by atoms with E-state index in [2.05, 4.69) is 15.5 Å². The molecule has 0 saturated carbocycles. The van der Waals surface area contributed by atoms with Crippen molar-refractivity contribution < 1.29 is 23.9 Å². The van der Waals surface area contributed by atoms with Gasteiger partial charge in [0, 0.05) is 5.56 Å². The molecule has 10 heteroatoms. The molecule has 9 nitrogen and oxygen atoms in total. The smallest absolute Gasteiger partial charge is 0.341 e. The fraction of sp³-hybridized carbons (Fsp3) is 0.238. The Hall–Kier alpha value is -3.66. The van der Waals surface area contributed by atoms with Crippen LogP contribution in [0.2, 0.25) is 0 Å². The maximum atomic E-state index is 12.8. The molecule has 1 aromatic carbocycles. The van der Waals surface area contributed by atoms with Gasteiger partial charge in [0.25, 0.3) is 11.8 Å². The van der Waals surface area contributed by atoms with Gasteiger partial charge in [0.2, 0.25) is 0 Å². The second-order valence-electron chi connectivity index (χ2n) is 6.61. The largest absolute Gasteiger partial charge is 0.497 e. The van der Waals surface area contributed by atoms with E-state index in [9.17, 15) is 14.4 Å². The summed E-state index contributed by atoms with van der Waals surface area (Å²) < 4.78 is 10.3. The first-order valence-corrected chi connectivity index (χ1v) is 10.3. The van der Waals surface area contributed by atoms with Crippen molar-refractivity contribution in [3.05, 3.63) is 52.0 Å². The normalized spacial score (nSPS) is 10.5. The van der Waals surface area contributed by atoms with E-state index < -0.39 is 17.8 Å². The van der Waals surface area contributed by atoms with Gasteiger partial charge < -0.3 is 20.5 Å². The number of carbonyl (C=O) groups excluding carboxylic acids is 3. The van der Waals surface area contributed by atoms with Crippen molar-refractivity contribution in [2.75, 3.05) is 19.0 Å². The van der Waals surface area contributed by atoms with Crippen LogP contribution < -0.4 is 15.8 Å². The minimum absolute atomic E-state index is 0.121. The van der Waals surface area contributed by atoms with Crippen molar-refractivity contribution in [3.8, 4) is 17.0 Å². The fourth-order valence-corrected chi connectivity index (χ4v) is 3.91. The zero-order valence-electron chi connectivity index (χ0n) is 17.3. The predicted molar refractivity (Wildman–Crippen MR) is 117 cm³/mol. The third-order valence-corrected chi connectivity index (χ3v) is 5.67. The molecule has 0 aliphatic rings. The van der Waals surface area contributed by atoms with E-state index in [1.807, 2.05) is 19.1 Å². The van der Waals surface area contributed by atoms with Crippen LogP contribution in [0, 0.1) is 6.92 Å². The average molecular weight is 442 g/mol. The highest BCUT2D eigenvalue weighted by Gasteiger charge is 2.26. The molecule has 0 aliphatic heterocycles. The number of H-pyrrole nitrogens is 1. The molecule has 0 saturated heterocycles. The summed E-state index contributed by atoms with van der Waals surface area (Å²) in [5.74, 6) is -1.12. The molecule has 0 radical (unpaired) electrons. The SMILES string of the molecule is CCCOC(=O)c1c(NC(=O)c2cc(-c3ccc(OC)cc3)n[nH]2)sc(C(N)=O)c1C. The van der Waals surface area contributed by atoms with Gasteiger partial charge in [-0.25, -0.2) is 4.79 Å². The number of thiophene rings is 1. The number of hydrogen-bond donors (Lipinski definition) is 3. The Morgan fingerprint density at radius 1 is 1.23 bits per heavy atom. The van der Waals surface area contributed by atoms with Gasteiger partial charge in [-0.2, -0.15) is 5.10 Å². The zero-order chi connectivity index (χ0) is 22.5. The lowest BCUT2D eigenvalue weighted by atomic mass is 10.1. The van der Waals surface area contributed by atoms with E-state index in [0.717, 1.165) is 16.9 Å². The molecule has 31 heavy (non-hydrogen) atoms. The van der Waals surface area contributed by atoms with Crippen LogP contribution in [0.15, 0.2) is 30.3 Å². The molecule has 3 aromatic rings. The number of nitrogens with zero attached hydrogens (tertiary/aromatic N) is 1. The number of amides is 2. The molecule has 4 N–H and O–H groups in total. The second-order valence-corrected chi connectivity index (χ2v) is 7.63. The predicted octanol–water partition coefficient (Wildman–Crippen LogP) is 3.37. The van der Waals surface area contributed by atoms with E-state index >= 15 is 0 Å². The number of anilines is 1. The summed E-state index contributed by atoms with van der Waals surface area (Å²) in [6, 6.07) is 8.80. The van der Waals surface area contributed by atoms with Crippen LogP contribution in [-0.4, -0.2) is 41.7 Å². The molecule has 0 aliphatic carbocycles. The maximum absolute atomic E-state index is 12.8. The van der Waals surface area contributed by atoms with Gasteiger partial charge in [0.1, 0.15) is 16.4 Å². The van der Waals surface area contributed by atoms with Crippen LogP contribution in [0.3, 0.4) is 0 Å². The Labute approximate surface area is 182 Å². The zero-order valence-corrected chi connectivity index (χ0v) is 18.1. The summed E-state index contributed by atoms with van der Waals surface area (Å²) in [5, 5.41) is 9.70. The number of primary amides is 1. The van der Waals surface area contributed by atoms with Crippen LogP contribution in [0.4, 0.5) is 5.00 Å². The maximum Gasteiger partial charge on any atom is 0.341 e. The minimum atomic E-state index is -0.684. The summed E-state index contributed by atoms with van der Waals surface area (Å²) in [4.78, 5) is 37.2. The van der Waals surface area contributed by atoms with Crippen molar-refractivity contribution >= 4 is 34.1 Å². The van der Waals surface area contributed by atoms with Crippen LogP contribution >= 0.6 is 11.3 Å². The lowest BCUT2D eigenvalue weighted by Gasteiger charge is -2.07. The number of esters is 1. The molecule has 2 heterocycles. The van der Waals surface area contributed by atoms with Gasteiger partial charge in [0.05, 0.1) is 29.9 Å². The van der Waals surface area contributed by atoms with Crippen molar-refractivity contribution in [1.82, 2.24) is 10.2 Å². The second kappa shape index (κ2) is 9.43. The molecule has 0 spiro atoms. The van der Waals surface area contributed by atoms with Gasteiger partial charge in [-0.3, -0.25) is 14.7 Å². The van der Waals surface area contributed by atoms with E-state index in [-0.39, 0.29) is 27.7 Å². The fourth-order valence-electron chi connectivity index (χ4n) is 2.87. The molecule has 2 amide bonds. The van der Waals surface area contributed by atoms with Crippen molar-refractivity contribution in [1.29, 1.82) is 0 Å². The lowest BCUT2D eigenvalue weighted by molar-refractivity contribution is 0.0506. The molecule has 3 rings (SSSR count). The van der Waals surface area contributed by atoms with Gasteiger partial charge in [0.15, 0.2) is 0 Å². The Bertz CT molecular complexity index is 1120. The number of nitrogens with two attached hydrogens (primary N) is 1. The quantitative estimate of drug-likeness (QED) is 0.458. The first-order valence-electron chi connectivity index (χ1n) is 9.47.